The predicted molar refractivity (Wildman–Crippen MR) is 129 cm³/mol. The molecule has 2 aliphatic heterocycles. The summed E-state index contributed by atoms with van der Waals surface area (Å²) >= 11 is 0. The van der Waals surface area contributed by atoms with Crippen molar-refractivity contribution in [1.29, 1.82) is 0 Å². The summed E-state index contributed by atoms with van der Waals surface area (Å²) in [5.41, 5.74) is 1.18. The highest BCUT2D eigenvalue weighted by molar-refractivity contribution is 14.0. The number of nitrogens with one attached hydrogen (secondary N) is 2. The molecule has 0 spiro atoms. The minimum absolute atomic E-state index is 0. The molecule has 29 heavy (non-hydrogen) atoms. The monoisotopic (exact) mass is 516 g/mol. The van der Waals surface area contributed by atoms with Crippen LogP contribution in [0.1, 0.15) is 45.6 Å². The summed E-state index contributed by atoms with van der Waals surface area (Å²) in [6, 6.07) is 8.66. The molecule has 2 saturated heterocycles. The fourth-order valence-corrected chi connectivity index (χ4v) is 3.98. The summed E-state index contributed by atoms with van der Waals surface area (Å²) in [5.74, 6) is 1.80. The molecule has 2 fully saturated rings. The van der Waals surface area contributed by atoms with Crippen molar-refractivity contribution in [3.8, 4) is 5.75 Å². The van der Waals surface area contributed by atoms with Crippen LogP contribution >= 0.6 is 24.0 Å². The number of ether oxygens (including phenoxy) is 2. The van der Waals surface area contributed by atoms with Crippen molar-refractivity contribution in [2.24, 2.45) is 4.99 Å². The first kappa shape index (κ1) is 24.2. The van der Waals surface area contributed by atoms with Crippen molar-refractivity contribution in [2.75, 3.05) is 32.8 Å². The van der Waals surface area contributed by atoms with Gasteiger partial charge in [-0.15, -0.1) is 24.0 Å². The van der Waals surface area contributed by atoms with E-state index in [9.17, 15) is 0 Å². The van der Waals surface area contributed by atoms with Gasteiger partial charge in [0.1, 0.15) is 12.4 Å². The number of rotatable bonds is 10. The van der Waals surface area contributed by atoms with Crippen LogP contribution < -0.4 is 15.4 Å². The third-order valence-corrected chi connectivity index (χ3v) is 5.69. The van der Waals surface area contributed by atoms with Gasteiger partial charge in [-0.1, -0.05) is 26.0 Å². The summed E-state index contributed by atoms with van der Waals surface area (Å²) in [7, 11) is 0. The van der Waals surface area contributed by atoms with Gasteiger partial charge in [0.2, 0.25) is 0 Å². The van der Waals surface area contributed by atoms with E-state index in [1.165, 1.54) is 12.0 Å². The van der Waals surface area contributed by atoms with Gasteiger partial charge in [-0.25, -0.2) is 4.99 Å². The second kappa shape index (κ2) is 12.6. The molecular weight excluding hydrogens is 479 g/mol. The molecule has 3 rings (SSSR count). The number of guanidine groups is 1. The first-order chi connectivity index (χ1) is 13.7. The third kappa shape index (κ3) is 7.29. The lowest BCUT2D eigenvalue weighted by atomic mass is 9.96. The summed E-state index contributed by atoms with van der Waals surface area (Å²) in [4.78, 5) is 7.12. The number of hydrogen-bond donors (Lipinski definition) is 2. The molecule has 0 aromatic heterocycles. The zero-order valence-corrected chi connectivity index (χ0v) is 20.4. The predicted octanol–water partition coefficient (Wildman–Crippen LogP) is 3.40. The lowest BCUT2D eigenvalue weighted by Gasteiger charge is -2.22. The van der Waals surface area contributed by atoms with Crippen molar-refractivity contribution in [3.05, 3.63) is 29.8 Å². The van der Waals surface area contributed by atoms with Crippen LogP contribution in [0.3, 0.4) is 0 Å². The Labute approximate surface area is 192 Å². The topological polar surface area (TPSA) is 58.1 Å². The number of halogens is 1. The first-order valence-electron chi connectivity index (χ1n) is 10.9. The molecule has 0 aliphatic carbocycles. The summed E-state index contributed by atoms with van der Waals surface area (Å²) < 4.78 is 11.8. The number of aliphatic imine (C=N–C) groups is 1. The molecule has 1 aromatic carbocycles. The average Bonchev–Trinajstić information content (AvgIpc) is 3.34. The molecule has 0 saturated carbocycles. The van der Waals surface area contributed by atoms with Crippen LogP contribution in [0.25, 0.3) is 0 Å². The smallest absolute Gasteiger partial charge is 0.191 e. The van der Waals surface area contributed by atoms with E-state index in [0.717, 1.165) is 57.3 Å². The Morgan fingerprint density at radius 2 is 1.93 bits per heavy atom. The Hall–Kier alpha value is -1.06. The number of hydrogen-bond acceptors (Lipinski definition) is 4. The highest BCUT2D eigenvalue weighted by Crippen LogP contribution is 2.34. The van der Waals surface area contributed by atoms with Crippen molar-refractivity contribution in [3.63, 3.8) is 0 Å². The highest BCUT2D eigenvalue weighted by atomic mass is 127. The highest BCUT2D eigenvalue weighted by Gasteiger charge is 2.41. The van der Waals surface area contributed by atoms with E-state index in [1.807, 2.05) is 12.1 Å². The molecule has 7 heteroatoms. The van der Waals surface area contributed by atoms with E-state index in [4.69, 9.17) is 14.5 Å². The van der Waals surface area contributed by atoms with Crippen LogP contribution in [0.15, 0.2) is 29.3 Å². The second-order valence-corrected chi connectivity index (χ2v) is 7.57. The molecule has 2 bridgehead atoms. The van der Waals surface area contributed by atoms with Gasteiger partial charge in [0.05, 0.1) is 24.8 Å². The Morgan fingerprint density at radius 3 is 2.52 bits per heavy atom. The Balaban J connectivity index is 0.00000300. The van der Waals surface area contributed by atoms with Crippen LogP contribution in [0.2, 0.25) is 0 Å². The molecule has 3 atom stereocenters. The standard InChI is InChI=1S/C22H36N4O2.HI/c1-4-23-22(25-20-15-19-11-12-21(20)28-19)24-16-17-7-9-18(10-8-17)27-14-13-26(5-2)6-3;/h7-10,19-21H,4-6,11-16H2,1-3H3,(H2,23,24,25);1H. The molecule has 0 radical (unpaired) electrons. The quantitative estimate of drug-likeness (QED) is 0.284. The van der Waals surface area contributed by atoms with Crippen molar-refractivity contribution in [1.82, 2.24) is 15.5 Å². The van der Waals surface area contributed by atoms with Gasteiger partial charge < -0.3 is 25.0 Å². The Bertz CT molecular complexity index is 622. The second-order valence-electron chi connectivity index (χ2n) is 7.57. The first-order valence-corrected chi connectivity index (χ1v) is 10.9. The third-order valence-electron chi connectivity index (χ3n) is 5.69. The SMILES string of the molecule is CCNC(=NCc1ccc(OCCN(CC)CC)cc1)NC1CC2CCC1O2.I. The molecule has 6 nitrogen and oxygen atoms in total. The summed E-state index contributed by atoms with van der Waals surface area (Å²) in [6.07, 6.45) is 4.26. The van der Waals surface area contributed by atoms with E-state index < -0.39 is 0 Å². The average molecular weight is 516 g/mol. The minimum Gasteiger partial charge on any atom is -0.492 e. The minimum atomic E-state index is 0. The van der Waals surface area contributed by atoms with Crippen LogP contribution in [-0.4, -0.2) is 61.9 Å². The van der Waals surface area contributed by atoms with E-state index in [2.05, 4.69) is 48.4 Å². The van der Waals surface area contributed by atoms with Crippen molar-refractivity contribution >= 4 is 29.9 Å². The Morgan fingerprint density at radius 1 is 1.17 bits per heavy atom. The maximum Gasteiger partial charge on any atom is 0.191 e. The molecule has 3 unspecified atom stereocenters. The van der Waals surface area contributed by atoms with Gasteiger partial charge in [-0.05, 0) is 57.0 Å². The number of fused-ring (bicyclic) bond motifs is 2. The molecule has 2 N–H and O–H groups in total. The lowest BCUT2D eigenvalue weighted by molar-refractivity contribution is 0.0992. The van der Waals surface area contributed by atoms with Crippen LogP contribution in [0.5, 0.6) is 5.75 Å². The zero-order valence-electron chi connectivity index (χ0n) is 18.0. The van der Waals surface area contributed by atoms with Gasteiger partial charge in [0.15, 0.2) is 5.96 Å². The lowest BCUT2D eigenvalue weighted by Crippen LogP contribution is -2.47. The molecular formula is C22H37IN4O2. The van der Waals surface area contributed by atoms with Crippen LogP contribution in [-0.2, 0) is 11.3 Å². The normalized spacial score (nSPS) is 23.2. The molecule has 1 aromatic rings. The van der Waals surface area contributed by atoms with Gasteiger partial charge >= 0.3 is 0 Å². The zero-order chi connectivity index (χ0) is 19.8. The van der Waals surface area contributed by atoms with Gasteiger partial charge in [-0.3, -0.25) is 0 Å². The van der Waals surface area contributed by atoms with Gasteiger partial charge in [0, 0.05) is 13.1 Å². The Kier molecular flexibility index (Phi) is 10.5. The molecule has 2 aliphatic rings. The number of likely N-dealkylation sites (N-methyl/N-ethyl adjacent to an activating group) is 1. The van der Waals surface area contributed by atoms with Gasteiger partial charge in [0.25, 0.3) is 0 Å². The molecule has 0 amide bonds. The molecule has 164 valence electrons. The number of nitrogens with zero attached hydrogens (tertiary/aromatic N) is 2. The largest absolute Gasteiger partial charge is 0.492 e. The van der Waals surface area contributed by atoms with Crippen molar-refractivity contribution < 1.29 is 9.47 Å². The summed E-state index contributed by atoms with van der Waals surface area (Å²) in [6.45, 7) is 11.8. The van der Waals surface area contributed by atoms with Crippen molar-refractivity contribution in [2.45, 2.75) is 64.8 Å². The van der Waals surface area contributed by atoms with E-state index >= 15 is 0 Å². The maximum atomic E-state index is 5.94. The van der Waals surface area contributed by atoms with E-state index in [-0.39, 0.29) is 24.0 Å². The van der Waals surface area contributed by atoms with Crippen LogP contribution in [0, 0.1) is 0 Å². The number of benzene rings is 1. The van der Waals surface area contributed by atoms with Crippen LogP contribution in [0.4, 0.5) is 0 Å². The maximum absolute atomic E-state index is 5.94. The fourth-order valence-electron chi connectivity index (χ4n) is 3.98. The summed E-state index contributed by atoms with van der Waals surface area (Å²) in [5, 5.41) is 6.92. The van der Waals surface area contributed by atoms with E-state index in [1.54, 1.807) is 0 Å². The molecule has 2 heterocycles. The van der Waals surface area contributed by atoms with Gasteiger partial charge in [-0.2, -0.15) is 0 Å². The van der Waals surface area contributed by atoms with E-state index in [0.29, 0.717) is 24.8 Å². The fraction of sp³-hybridized carbons (Fsp3) is 0.682.